The lowest BCUT2D eigenvalue weighted by molar-refractivity contribution is -0.121. The molecule has 1 heterocycles. The Kier molecular flexibility index (Phi) is 4.76. The molecule has 0 bridgehead atoms. The lowest BCUT2D eigenvalue weighted by Gasteiger charge is -2.09. The Labute approximate surface area is 109 Å². The number of carbonyl (C=O) groups is 1. The number of aryl methyl sites for hydroxylation is 1. The molecule has 3 heteroatoms. The molecule has 1 aliphatic heterocycles. The van der Waals surface area contributed by atoms with Crippen LogP contribution in [0.4, 0.5) is 0 Å². The fraction of sp³-hybridized carbons (Fsp3) is 0.533. The van der Waals surface area contributed by atoms with E-state index in [9.17, 15) is 4.79 Å². The van der Waals surface area contributed by atoms with Crippen LogP contribution in [0.2, 0.25) is 0 Å². The average molecular weight is 246 g/mol. The van der Waals surface area contributed by atoms with Crippen LogP contribution in [-0.2, 0) is 11.3 Å². The smallest absolute Gasteiger partial charge is 0.220 e. The third-order valence-corrected chi connectivity index (χ3v) is 3.55. The number of rotatable bonds is 5. The second-order valence-corrected chi connectivity index (χ2v) is 5.16. The van der Waals surface area contributed by atoms with Crippen molar-refractivity contribution in [3.63, 3.8) is 0 Å². The standard InChI is InChI=1S/C15H22N2O/c1-12-2-4-13(5-3-12)11-17-15(18)7-6-14-8-9-16-10-14/h2-5,14,16H,6-11H2,1H3,(H,17,18). The molecule has 1 atom stereocenters. The zero-order valence-corrected chi connectivity index (χ0v) is 11.0. The van der Waals surface area contributed by atoms with Crippen LogP contribution in [0.5, 0.6) is 0 Å². The molecule has 1 amide bonds. The van der Waals surface area contributed by atoms with Gasteiger partial charge in [0.2, 0.25) is 5.91 Å². The van der Waals surface area contributed by atoms with Crippen LogP contribution in [0.3, 0.4) is 0 Å². The summed E-state index contributed by atoms with van der Waals surface area (Å²) in [5.74, 6) is 0.859. The highest BCUT2D eigenvalue weighted by Crippen LogP contribution is 2.14. The maximum Gasteiger partial charge on any atom is 0.220 e. The van der Waals surface area contributed by atoms with Crippen LogP contribution in [0, 0.1) is 12.8 Å². The number of nitrogens with one attached hydrogen (secondary N) is 2. The van der Waals surface area contributed by atoms with Crippen molar-refractivity contribution in [1.29, 1.82) is 0 Å². The topological polar surface area (TPSA) is 41.1 Å². The lowest BCUT2D eigenvalue weighted by atomic mass is 10.0. The molecule has 0 aliphatic carbocycles. The first-order chi connectivity index (χ1) is 8.74. The molecule has 2 rings (SSSR count). The summed E-state index contributed by atoms with van der Waals surface area (Å²) in [7, 11) is 0. The van der Waals surface area contributed by atoms with Gasteiger partial charge in [-0.05, 0) is 44.3 Å². The van der Waals surface area contributed by atoms with Crippen LogP contribution in [0.1, 0.15) is 30.4 Å². The summed E-state index contributed by atoms with van der Waals surface area (Å²) in [5, 5.41) is 6.31. The Morgan fingerprint density at radius 1 is 1.39 bits per heavy atom. The van der Waals surface area contributed by atoms with Gasteiger partial charge in [-0.3, -0.25) is 4.79 Å². The summed E-state index contributed by atoms with van der Waals surface area (Å²) in [6.45, 7) is 4.89. The molecule has 0 radical (unpaired) electrons. The minimum Gasteiger partial charge on any atom is -0.352 e. The van der Waals surface area contributed by atoms with Gasteiger partial charge in [-0.1, -0.05) is 29.8 Å². The summed E-state index contributed by atoms with van der Waals surface area (Å²) in [6, 6.07) is 8.28. The highest BCUT2D eigenvalue weighted by atomic mass is 16.1. The van der Waals surface area contributed by atoms with Crippen molar-refractivity contribution < 1.29 is 4.79 Å². The van der Waals surface area contributed by atoms with Gasteiger partial charge in [0.25, 0.3) is 0 Å². The van der Waals surface area contributed by atoms with E-state index in [2.05, 4.69) is 41.8 Å². The Morgan fingerprint density at radius 3 is 2.83 bits per heavy atom. The van der Waals surface area contributed by atoms with Gasteiger partial charge in [0.1, 0.15) is 0 Å². The predicted molar refractivity (Wildman–Crippen MR) is 73.2 cm³/mol. The largest absolute Gasteiger partial charge is 0.352 e. The zero-order valence-electron chi connectivity index (χ0n) is 11.0. The molecule has 0 aromatic heterocycles. The van der Waals surface area contributed by atoms with Crippen LogP contribution in [0.15, 0.2) is 24.3 Å². The van der Waals surface area contributed by atoms with Crippen LogP contribution in [-0.4, -0.2) is 19.0 Å². The van der Waals surface area contributed by atoms with Crippen LogP contribution >= 0.6 is 0 Å². The Morgan fingerprint density at radius 2 is 2.17 bits per heavy atom. The van der Waals surface area contributed by atoms with E-state index < -0.39 is 0 Å². The van der Waals surface area contributed by atoms with Gasteiger partial charge in [0.15, 0.2) is 0 Å². The Bertz CT molecular complexity index is 380. The molecule has 1 aliphatic rings. The SMILES string of the molecule is Cc1ccc(CNC(=O)CCC2CCNC2)cc1. The lowest BCUT2D eigenvalue weighted by Crippen LogP contribution is -2.23. The van der Waals surface area contributed by atoms with Crippen molar-refractivity contribution in [2.75, 3.05) is 13.1 Å². The van der Waals surface area contributed by atoms with Gasteiger partial charge in [-0.2, -0.15) is 0 Å². The first kappa shape index (κ1) is 13.1. The van der Waals surface area contributed by atoms with Gasteiger partial charge < -0.3 is 10.6 Å². The van der Waals surface area contributed by atoms with Crippen molar-refractivity contribution in [1.82, 2.24) is 10.6 Å². The summed E-state index contributed by atoms with van der Waals surface area (Å²) >= 11 is 0. The highest BCUT2D eigenvalue weighted by molar-refractivity contribution is 5.75. The first-order valence-corrected chi connectivity index (χ1v) is 6.77. The molecule has 1 saturated heterocycles. The van der Waals surface area contributed by atoms with Crippen molar-refractivity contribution in [2.24, 2.45) is 5.92 Å². The minimum atomic E-state index is 0.169. The predicted octanol–water partition coefficient (Wildman–Crippen LogP) is 2.00. The van der Waals surface area contributed by atoms with Gasteiger partial charge in [-0.15, -0.1) is 0 Å². The first-order valence-electron chi connectivity index (χ1n) is 6.77. The molecule has 1 aromatic rings. The van der Waals surface area contributed by atoms with Crippen molar-refractivity contribution in [3.8, 4) is 0 Å². The van der Waals surface area contributed by atoms with Gasteiger partial charge >= 0.3 is 0 Å². The second kappa shape index (κ2) is 6.55. The third kappa shape index (κ3) is 4.15. The van der Waals surface area contributed by atoms with Crippen LogP contribution in [0.25, 0.3) is 0 Å². The Hall–Kier alpha value is -1.35. The molecule has 1 aromatic carbocycles. The third-order valence-electron chi connectivity index (χ3n) is 3.55. The number of hydrogen-bond acceptors (Lipinski definition) is 2. The van der Waals surface area contributed by atoms with E-state index in [0.29, 0.717) is 18.9 Å². The Balaban J connectivity index is 1.66. The van der Waals surface area contributed by atoms with Crippen molar-refractivity contribution in [2.45, 2.75) is 32.7 Å². The van der Waals surface area contributed by atoms with Crippen molar-refractivity contribution >= 4 is 5.91 Å². The summed E-state index contributed by atoms with van der Waals surface area (Å²) < 4.78 is 0. The normalized spacial score (nSPS) is 18.8. The fourth-order valence-electron chi connectivity index (χ4n) is 2.29. The molecular weight excluding hydrogens is 224 g/mol. The summed E-state index contributed by atoms with van der Waals surface area (Å²) in [4.78, 5) is 11.7. The molecule has 3 nitrogen and oxygen atoms in total. The monoisotopic (exact) mass is 246 g/mol. The maximum atomic E-state index is 11.7. The second-order valence-electron chi connectivity index (χ2n) is 5.16. The van der Waals surface area contributed by atoms with E-state index >= 15 is 0 Å². The number of hydrogen-bond donors (Lipinski definition) is 2. The average Bonchev–Trinajstić information content (AvgIpc) is 2.89. The van der Waals surface area contributed by atoms with E-state index in [1.54, 1.807) is 0 Å². The van der Waals surface area contributed by atoms with E-state index in [-0.39, 0.29) is 5.91 Å². The molecule has 1 unspecified atom stereocenters. The van der Waals surface area contributed by atoms with Gasteiger partial charge in [0.05, 0.1) is 0 Å². The van der Waals surface area contributed by atoms with E-state index in [4.69, 9.17) is 0 Å². The fourth-order valence-corrected chi connectivity index (χ4v) is 2.29. The number of benzene rings is 1. The van der Waals surface area contributed by atoms with E-state index in [1.165, 1.54) is 12.0 Å². The van der Waals surface area contributed by atoms with Gasteiger partial charge in [-0.25, -0.2) is 0 Å². The molecule has 18 heavy (non-hydrogen) atoms. The van der Waals surface area contributed by atoms with E-state index in [0.717, 1.165) is 25.1 Å². The highest BCUT2D eigenvalue weighted by Gasteiger charge is 2.15. The molecule has 2 N–H and O–H groups in total. The maximum absolute atomic E-state index is 11.7. The minimum absolute atomic E-state index is 0.169. The van der Waals surface area contributed by atoms with Crippen molar-refractivity contribution in [3.05, 3.63) is 35.4 Å². The molecule has 0 spiro atoms. The van der Waals surface area contributed by atoms with Gasteiger partial charge in [0, 0.05) is 13.0 Å². The molecule has 0 saturated carbocycles. The summed E-state index contributed by atoms with van der Waals surface area (Å²) in [6.07, 6.45) is 2.87. The molecule has 98 valence electrons. The van der Waals surface area contributed by atoms with E-state index in [1.807, 2.05) is 0 Å². The summed E-state index contributed by atoms with van der Waals surface area (Å²) in [5.41, 5.74) is 2.41. The number of amides is 1. The zero-order chi connectivity index (χ0) is 12.8. The van der Waals surface area contributed by atoms with Crippen LogP contribution < -0.4 is 10.6 Å². The number of carbonyl (C=O) groups excluding carboxylic acids is 1. The molecule has 1 fully saturated rings. The molecular formula is C15H22N2O. The quantitative estimate of drug-likeness (QED) is 0.834.